The van der Waals surface area contributed by atoms with E-state index < -0.39 is 6.03 Å². The van der Waals surface area contributed by atoms with Crippen molar-refractivity contribution in [1.29, 1.82) is 5.26 Å². The average molecular weight is 466 g/mol. The molecule has 0 radical (unpaired) electrons. The van der Waals surface area contributed by atoms with Crippen LogP contribution in [0.25, 0.3) is 10.9 Å². The van der Waals surface area contributed by atoms with Crippen LogP contribution in [0.2, 0.25) is 5.02 Å². The minimum atomic E-state index is -0.410. The molecule has 3 aromatic rings. The lowest BCUT2D eigenvalue weighted by molar-refractivity contribution is -0.116. The van der Waals surface area contributed by atoms with Crippen LogP contribution in [-0.2, 0) is 11.4 Å². The van der Waals surface area contributed by atoms with E-state index in [4.69, 9.17) is 16.3 Å². The number of halogens is 1. The molecule has 8 nitrogen and oxygen atoms in total. The molecule has 2 amide bonds. The molecule has 9 heteroatoms. The summed E-state index contributed by atoms with van der Waals surface area (Å²) in [4.78, 5) is 28.1. The molecule has 0 fully saturated rings. The summed E-state index contributed by atoms with van der Waals surface area (Å²) in [5.74, 6) is 0.344. The number of nitrogens with one attached hydrogen (secondary N) is 3. The monoisotopic (exact) mass is 465 g/mol. The fourth-order valence-electron chi connectivity index (χ4n) is 3.18. The van der Waals surface area contributed by atoms with Gasteiger partial charge in [0.15, 0.2) is 5.78 Å². The first kappa shape index (κ1) is 23.8. The van der Waals surface area contributed by atoms with Crippen LogP contribution in [0.15, 0.2) is 42.5 Å². The predicted molar refractivity (Wildman–Crippen MR) is 128 cm³/mol. The maximum absolute atomic E-state index is 12.1. The maximum atomic E-state index is 12.1. The molecule has 0 saturated heterocycles. The van der Waals surface area contributed by atoms with Gasteiger partial charge in [-0.05, 0) is 38.1 Å². The van der Waals surface area contributed by atoms with E-state index in [1.54, 1.807) is 19.1 Å². The maximum Gasteiger partial charge on any atom is 0.315 e. The molecule has 3 N–H and O–H groups in total. The van der Waals surface area contributed by atoms with Crippen molar-refractivity contribution in [3.8, 4) is 11.8 Å². The third-order valence-corrected chi connectivity index (χ3v) is 5.18. The third kappa shape index (κ3) is 6.11. The van der Waals surface area contributed by atoms with Crippen LogP contribution in [0, 0.1) is 18.3 Å². The van der Waals surface area contributed by atoms with Gasteiger partial charge in [0.25, 0.3) is 0 Å². The highest BCUT2D eigenvalue weighted by atomic mass is 35.5. The second-order valence-electron chi connectivity index (χ2n) is 7.23. The topological polar surface area (TPSA) is 116 Å². The number of ketones is 1. The van der Waals surface area contributed by atoms with E-state index in [1.165, 1.54) is 0 Å². The second-order valence-corrected chi connectivity index (χ2v) is 7.64. The number of rotatable bonds is 9. The molecule has 3 rings (SSSR count). The van der Waals surface area contributed by atoms with E-state index in [9.17, 15) is 14.9 Å². The first-order valence-electron chi connectivity index (χ1n) is 10.4. The van der Waals surface area contributed by atoms with E-state index in [0.717, 1.165) is 16.6 Å². The van der Waals surface area contributed by atoms with Gasteiger partial charge in [0.1, 0.15) is 23.9 Å². The number of amides is 2. The number of fused-ring (bicyclic) bond motifs is 1. The van der Waals surface area contributed by atoms with Gasteiger partial charge >= 0.3 is 6.03 Å². The van der Waals surface area contributed by atoms with Crippen LogP contribution in [0.3, 0.4) is 0 Å². The molecule has 0 bridgehead atoms. The molecule has 0 aliphatic carbocycles. The smallest absolute Gasteiger partial charge is 0.315 e. The Morgan fingerprint density at radius 2 is 1.94 bits per heavy atom. The van der Waals surface area contributed by atoms with Crippen LogP contribution in [0.4, 0.5) is 10.5 Å². The summed E-state index contributed by atoms with van der Waals surface area (Å²) >= 11 is 6.37. The van der Waals surface area contributed by atoms with E-state index >= 15 is 0 Å². The summed E-state index contributed by atoms with van der Waals surface area (Å²) < 4.78 is 6.00. The van der Waals surface area contributed by atoms with Gasteiger partial charge in [-0.3, -0.25) is 4.79 Å². The number of aromatic nitrogens is 1. The standard InChI is InChI=1S/C24H24ClN5O3/c1-3-27-24(32)29-13-17(31)12-28-21-10-9-20(25)19(18(21)11-26)14-33-22-6-4-5-16-8-7-15(2)30-23(16)22/h4-10,28H,3,12-14H2,1-2H3,(H2,27,29,32). The molecule has 0 aliphatic heterocycles. The van der Waals surface area contributed by atoms with E-state index in [2.05, 4.69) is 27.0 Å². The molecular weight excluding hydrogens is 442 g/mol. The lowest BCUT2D eigenvalue weighted by atomic mass is 10.1. The van der Waals surface area contributed by atoms with Gasteiger partial charge in [-0.15, -0.1) is 0 Å². The number of nitriles is 1. The van der Waals surface area contributed by atoms with Crippen LogP contribution < -0.4 is 20.7 Å². The summed E-state index contributed by atoms with van der Waals surface area (Å²) in [5, 5.41) is 19.1. The lowest BCUT2D eigenvalue weighted by Crippen LogP contribution is -2.39. The Bertz CT molecular complexity index is 1220. The van der Waals surface area contributed by atoms with Crippen molar-refractivity contribution in [2.24, 2.45) is 0 Å². The molecule has 0 atom stereocenters. The highest BCUT2D eigenvalue weighted by Crippen LogP contribution is 2.30. The number of benzene rings is 2. The SMILES string of the molecule is CCNC(=O)NCC(=O)CNc1ccc(Cl)c(COc2cccc3ccc(C)nc23)c1C#N. The van der Waals surface area contributed by atoms with Gasteiger partial charge in [-0.2, -0.15) is 5.26 Å². The molecule has 2 aromatic carbocycles. The second kappa shape index (κ2) is 11.2. The molecular formula is C24H24ClN5O3. The Morgan fingerprint density at radius 1 is 1.12 bits per heavy atom. The number of hydrogen-bond acceptors (Lipinski definition) is 6. The first-order chi connectivity index (χ1) is 15.9. The number of anilines is 1. The summed E-state index contributed by atoms with van der Waals surface area (Å²) in [6, 6.07) is 14.6. The van der Waals surface area contributed by atoms with Crippen molar-refractivity contribution < 1.29 is 14.3 Å². The zero-order valence-electron chi connectivity index (χ0n) is 18.4. The van der Waals surface area contributed by atoms with Crippen molar-refractivity contribution >= 4 is 40.0 Å². The highest BCUT2D eigenvalue weighted by Gasteiger charge is 2.15. The quantitative estimate of drug-likeness (QED) is 0.440. The Balaban J connectivity index is 1.73. The van der Waals surface area contributed by atoms with Crippen LogP contribution in [-0.4, -0.2) is 36.4 Å². The van der Waals surface area contributed by atoms with Gasteiger partial charge in [0, 0.05) is 28.2 Å². The van der Waals surface area contributed by atoms with Crippen molar-refractivity contribution in [3.05, 3.63) is 64.3 Å². The summed E-state index contributed by atoms with van der Waals surface area (Å²) in [5.41, 5.74) is 2.84. The number of urea groups is 1. The Labute approximate surface area is 196 Å². The Kier molecular flexibility index (Phi) is 8.06. The van der Waals surface area contributed by atoms with E-state index in [1.807, 2.05) is 37.3 Å². The molecule has 0 unspecified atom stereocenters. The summed E-state index contributed by atoms with van der Waals surface area (Å²) in [6.07, 6.45) is 0. The van der Waals surface area contributed by atoms with E-state index in [-0.39, 0.29) is 31.0 Å². The van der Waals surface area contributed by atoms with Gasteiger partial charge in [0.05, 0.1) is 24.3 Å². The van der Waals surface area contributed by atoms with Crippen LogP contribution in [0.1, 0.15) is 23.7 Å². The van der Waals surface area contributed by atoms with E-state index in [0.29, 0.717) is 28.6 Å². The van der Waals surface area contributed by atoms with Crippen LogP contribution >= 0.6 is 11.6 Å². The van der Waals surface area contributed by atoms with Crippen molar-refractivity contribution in [2.75, 3.05) is 25.0 Å². The molecule has 1 aromatic heterocycles. The molecule has 0 spiro atoms. The number of carbonyl (C=O) groups is 2. The molecule has 0 aliphatic rings. The lowest BCUT2D eigenvalue weighted by Gasteiger charge is -2.15. The van der Waals surface area contributed by atoms with Gasteiger partial charge in [0.2, 0.25) is 0 Å². The number of Topliss-reactive ketones (excluding diaryl/α,β-unsaturated/α-hetero) is 1. The highest BCUT2D eigenvalue weighted by molar-refractivity contribution is 6.31. The van der Waals surface area contributed by atoms with Crippen molar-refractivity contribution in [1.82, 2.24) is 15.6 Å². The normalized spacial score (nSPS) is 10.4. The fourth-order valence-corrected chi connectivity index (χ4v) is 3.39. The first-order valence-corrected chi connectivity index (χ1v) is 10.8. The molecule has 33 heavy (non-hydrogen) atoms. The third-order valence-electron chi connectivity index (χ3n) is 4.82. The summed E-state index contributed by atoms with van der Waals surface area (Å²) in [6.45, 7) is 4.02. The van der Waals surface area contributed by atoms with Gasteiger partial charge in [-0.1, -0.05) is 29.8 Å². The number of carbonyl (C=O) groups excluding carboxylic acids is 2. The number of aryl methyl sites for hydroxylation is 1. The zero-order valence-corrected chi connectivity index (χ0v) is 19.1. The minimum Gasteiger partial charge on any atom is -0.487 e. The molecule has 0 saturated carbocycles. The fraction of sp³-hybridized carbons (Fsp3) is 0.250. The van der Waals surface area contributed by atoms with Crippen molar-refractivity contribution in [3.63, 3.8) is 0 Å². The number of para-hydroxylation sites is 1. The number of ether oxygens (including phenoxy) is 1. The zero-order chi connectivity index (χ0) is 23.8. The largest absolute Gasteiger partial charge is 0.487 e. The van der Waals surface area contributed by atoms with Crippen molar-refractivity contribution in [2.45, 2.75) is 20.5 Å². The minimum absolute atomic E-state index is 0.0542. The molecule has 1 heterocycles. The molecule has 170 valence electrons. The number of nitrogens with zero attached hydrogens (tertiary/aromatic N) is 2. The number of hydrogen-bond donors (Lipinski definition) is 3. The number of pyridine rings is 1. The Hall–Kier alpha value is -3.83. The van der Waals surface area contributed by atoms with Gasteiger partial charge in [-0.25, -0.2) is 9.78 Å². The van der Waals surface area contributed by atoms with Crippen LogP contribution in [0.5, 0.6) is 5.75 Å². The predicted octanol–water partition coefficient (Wildman–Crippen LogP) is 3.95. The summed E-state index contributed by atoms with van der Waals surface area (Å²) in [7, 11) is 0. The Morgan fingerprint density at radius 3 is 2.70 bits per heavy atom. The van der Waals surface area contributed by atoms with Gasteiger partial charge < -0.3 is 20.7 Å². The average Bonchev–Trinajstić information content (AvgIpc) is 2.81.